The monoisotopic (exact) mass is 268 g/mol. The first-order valence-corrected chi connectivity index (χ1v) is 5.91. The van der Waals surface area contributed by atoms with E-state index in [0.29, 0.717) is 43.5 Å². The van der Waals surface area contributed by atoms with E-state index >= 15 is 0 Å². The molecule has 0 radical (unpaired) electrons. The molecule has 19 heavy (non-hydrogen) atoms. The maximum absolute atomic E-state index is 7.55. The molecule has 0 aliphatic rings. The van der Waals surface area contributed by atoms with Crippen molar-refractivity contribution in [2.75, 3.05) is 40.6 Å². The molecule has 3 N–H and O–H groups in total. The summed E-state index contributed by atoms with van der Waals surface area (Å²) in [7, 11) is 3.20. The Morgan fingerprint density at radius 2 is 1.68 bits per heavy atom. The van der Waals surface area contributed by atoms with Crippen LogP contribution in [-0.4, -0.2) is 46.5 Å². The summed E-state index contributed by atoms with van der Waals surface area (Å²) in [5.41, 5.74) is 6.04. The van der Waals surface area contributed by atoms with Gasteiger partial charge in [0.15, 0.2) is 11.5 Å². The molecule has 0 aliphatic carbocycles. The molecule has 0 aliphatic heterocycles. The van der Waals surface area contributed by atoms with Gasteiger partial charge in [-0.3, -0.25) is 5.41 Å². The number of ether oxygens (including phenoxy) is 4. The summed E-state index contributed by atoms with van der Waals surface area (Å²) < 4.78 is 21.0. The Morgan fingerprint density at radius 1 is 1.05 bits per heavy atom. The van der Waals surface area contributed by atoms with Gasteiger partial charge in [0.2, 0.25) is 0 Å². The van der Waals surface area contributed by atoms with Crippen molar-refractivity contribution in [1.29, 1.82) is 5.41 Å². The number of hydrogen-bond acceptors (Lipinski definition) is 5. The van der Waals surface area contributed by atoms with E-state index in [2.05, 4.69) is 0 Å². The molecule has 6 nitrogen and oxygen atoms in total. The Morgan fingerprint density at radius 3 is 2.26 bits per heavy atom. The van der Waals surface area contributed by atoms with E-state index in [0.717, 1.165) is 0 Å². The van der Waals surface area contributed by atoms with Gasteiger partial charge >= 0.3 is 0 Å². The number of amidine groups is 1. The van der Waals surface area contributed by atoms with Gasteiger partial charge in [0.05, 0.1) is 18.8 Å². The van der Waals surface area contributed by atoms with Crippen molar-refractivity contribution in [1.82, 2.24) is 0 Å². The van der Waals surface area contributed by atoms with Crippen molar-refractivity contribution in [2.45, 2.75) is 0 Å². The number of methoxy groups -OCH3 is 2. The van der Waals surface area contributed by atoms with Gasteiger partial charge in [0.1, 0.15) is 19.0 Å². The lowest BCUT2D eigenvalue weighted by atomic mass is 10.1. The number of hydrogen-bond donors (Lipinski definition) is 2. The van der Waals surface area contributed by atoms with Crippen molar-refractivity contribution in [3.8, 4) is 11.5 Å². The first-order valence-electron chi connectivity index (χ1n) is 5.91. The molecule has 1 rings (SSSR count). The van der Waals surface area contributed by atoms with E-state index < -0.39 is 0 Å². The number of nitrogens with two attached hydrogens (primary N) is 1. The molecule has 1 aromatic rings. The average molecular weight is 268 g/mol. The minimum atomic E-state index is -0.0652. The summed E-state index contributed by atoms with van der Waals surface area (Å²) in [5.74, 6) is 0.939. The smallest absolute Gasteiger partial charge is 0.172 e. The zero-order valence-electron chi connectivity index (χ0n) is 11.3. The van der Waals surface area contributed by atoms with Crippen LogP contribution in [0, 0.1) is 5.41 Å². The molecule has 106 valence electrons. The molecule has 0 aromatic heterocycles. The number of nitrogen functional groups attached to an aromatic ring is 1. The Hall–Kier alpha value is -1.79. The van der Waals surface area contributed by atoms with Crippen LogP contribution in [0.15, 0.2) is 18.2 Å². The molecule has 0 atom stereocenters. The second-order valence-corrected chi connectivity index (χ2v) is 3.73. The summed E-state index contributed by atoms with van der Waals surface area (Å²) in [5, 5.41) is 7.55. The van der Waals surface area contributed by atoms with Gasteiger partial charge in [0, 0.05) is 14.2 Å². The van der Waals surface area contributed by atoms with Crippen molar-refractivity contribution >= 4 is 5.84 Å². The molecule has 0 bridgehead atoms. The van der Waals surface area contributed by atoms with Crippen LogP contribution < -0.4 is 15.2 Å². The van der Waals surface area contributed by atoms with Gasteiger partial charge in [-0.05, 0) is 12.1 Å². The molecule has 0 saturated carbocycles. The highest BCUT2D eigenvalue weighted by molar-refractivity contribution is 5.98. The zero-order valence-corrected chi connectivity index (χ0v) is 11.3. The maximum Gasteiger partial charge on any atom is 0.172 e. The Balaban J connectivity index is 2.86. The van der Waals surface area contributed by atoms with Crippen LogP contribution >= 0.6 is 0 Å². The first-order chi connectivity index (χ1) is 9.20. The fourth-order valence-electron chi connectivity index (χ4n) is 1.45. The van der Waals surface area contributed by atoms with Gasteiger partial charge in [-0.2, -0.15) is 0 Å². The summed E-state index contributed by atoms with van der Waals surface area (Å²) in [6.07, 6.45) is 0. The molecule has 0 heterocycles. The van der Waals surface area contributed by atoms with Crippen LogP contribution in [0.3, 0.4) is 0 Å². The molecular formula is C13H20N2O4. The summed E-state index contributed by atoms with van der Waals surface area (Å²) in [4.78, 5) is 0. The molecule has 0 spiro atoms. The zero-order chi connectivity index (χ0) is 14.1. The largest absolute Gasteiger partial charge is 0.487 e. The van der Waals surface area contributed by atoms with Crippen molar-refractivity contribution in [3.63, 3.8) is 0 Å². The Bertz CT molecular complexity index is 410. The van der Waals surface area contributed by atoms with Crippen LogP contribution in [0.25, 0.3) is 0 Å². The van der Waals surface area contributed by atoms with E-state index in [1.807, 2.05) is 0 Å². The molecular weight excluding hydrogens is 248 g/mol. The van der Waals surface area contributed by atoms with Crippen LogP contribution in [-0.2, 0) is 9.47 Å². The predicted molar refractivity (Wildman–Crippen MR) is 72.2 cm³/mol. The average Bonchev–Trinajstić information content (AvgIpc) is 2.40. The van der Waals surface area contributed by atoms with Crippen LogP contribution in [0.4, 0.5) is 0 Å². The third-order valence-electron chi connectivity index (χ3n) is 2.35. The van der Waals surface area contributed by atoms with E-state index in [9.17, 15) is 0 Å². The van der Waals surface area contributed by atoms with Gasteiger partial charge in [0.25, 0.3) is 0 Å². The minimum Gasteiger partial charge on any atom is -0.487 e. The lowest BCUT2D eigenvalue weighted by Crippen LogP contribution is -2.16. The summed E-state index contributed by atoms with van der Waals surface area (Å²) in [6, 6.07) is 5.25. The number of rotatable bonds is 9. The molecule has 0 fully saturated rings. The van der Waals surface area contributed by atoms with E-state index in [1.165, 1.54) is 0 Å². The Labute approximate surface area is 112 Å². The minimum absolute atomic E-state index is 0.0652. The molecule has 1 aromatic carbocycles. The number of nitrogens with one attached hydrogen (secondary N) is 1. The van der Waals surface area contributed by atoms with Crippen molar-refractivity contribution in [3.05, 3.63) is 23.8 Å². The van der Waals surface area contributed by atoms with Crippen molar-refractivity contribution < 1.29 is 18.9 Å². The van der Waals surface area contributed by atoms with Crippen LogP contribution in [0.1, 0.15) is 5.56 Å². The van der Waals surface area contributed by atoms with Gasteiger partial charge < -0.3 is 24.7 Å². The van der Waals surface area contributed by atoms with Gasteiger partial charge in [-0.25, -0.2) is 0 Å². The highest BCUT2D eigenvalue weighted by Gasteiger charge is 2.13. The second kappa shape index (κ2) is 8.34. The predicted octanol–water partition coefficient (Wildman–Crippen LogP) is 1.02. The number of para-hydroxylation sites is 1. The van der Waals surface area contributed by atoms with Gasteiger partial charge in [-0.15, -0.1) is 0 Å². The van der Waals surface area contributed by atoms with Crippen LogP contribution in [0.2, 0.25) is 0 Å². The van der Waals surface area contributed by atoms with E-state index in [1.54, 1.807) is 32.4 Å². The third-order valence-corrected chi connectivity index (χ3v) is 2.35. The first kappa shape index (κ1) is 15.3. The lowest BCUT2D eigenvalue weighted by Gasteiger charge is -2.15. The topological polar surface area (TPSA) is 86.8 Å². The molecule has 0 amide bonds. The molecule has 0 unspecified atom stereocenters. The third kappa shape index (κ3) is 4.76. The quantitative estimate of drug-likeness (QED) is 0.397. The fourth-order valence-corrected chi connectivity index (χ4v) is 1.45. The van der Waals surface area contributed by atoms with Crippen molar-refractivity contribution in [2.24, 2.45) is 5.73 Å². The van der Waals surface area contributed by atoms with Crippen LogP contribution in [0.5, 0.6) is 11.5 Å². The standard InChI is InChI=1S/C13H20N2O4/c1-16-6-8-18-11-5-3-4-10(13(14)15)12(11)19-9-7-17-2/h3-5H,6-9H2,1-2H3,(H3,14,15). The highest BCUT2D eigenvalue weighted by Crippen LogP contribution is 2.31. The molecule has 0 saturated heterocycles. The lowest BCUT2D eigenvalue weighted by molar-refractivity contribution is 0.132. The van der Waals surface area contributed by atoms with E-state index in [4.69, 9.17) is 30.1 Å². The Kier molecular flexibility index (Phi) is 6.70. The highest BCUT2D eigenvalue weighted by atomic mass is 16.5. The number of benzene rings is 1. The molecule has 6 heteroatoms. The SMILES string of the molecule is COCCOc1cccc(C(=N)N)c1OCCOC. The van der Waals surface area contributed by atoms with Gasteiger partial charge in [-0.1, -0.05) is 6.07 Å². The fraction of sp³-hybridized carbons (Fsp3) is 0.462. The van der Waals surface area contributed by atoms with E-state index in [-0.39, 0.29) is 5.84 Å². The maximum atomic E-state index is 7.55. The second-order valence-electron chi connectivity index (χ2n) is 3.73. The summed E-state index contributed by atoms with van der Waals surface area (Å²) in [6.45, 7) is 1.69. The summed E-state index contributed by atoms with van der Waals surface area (Å²) >= 11 is 0. The normalized spacial score (nSPS) is 10.2.